The van der Waals surface area contributed by atoms with Gasteiger partial charge in [-0.25, -0.2) is 0 Å². The Morgan fingerprint density at radius 1 is 1.27 bits per heavy atom. The first-order chi connectivity index (χ1) is 12.4. The van der Waals surface area contributed by atoms with Crippen LogP contribution in [-0.2, 0) is 22.4 Å². The fourth-order valence-electron chi connectivity index (χ4n) is 4.01. The molecule has 0 spiro atoms. The molecular weight excluding hydrogens is 330 g/mol. The maximum atomic E-state index is 12.5. The van der Waals surface area contributed by atoms with Crippen molar-refractivity contribution in [1.82, 2.24) is 15.1 Å². The zero-order valence-corrected chi connectivity index (χ0v) is 15.7. The number of rotatable bonds is 5. The topological polar surface area (TPSA) is 72.9 Å². The third-order valence-electron chi connectivity index (χ3n) is 5.81. The van der Waals surface area contributed by atoms with E-state index in [9.17, 15) is 14.7 Å². The highest BCUT2D eigenvalue weighted by Crippen LogP contribution is 2.33. The first-order valence-corrected chi connectivity index (χ1v) is 9.39. The summed E-state index contributed by atoms with van der Waals surface area (Å²) in [5, 5.41) is 12.9. The van der Waals surface area contributed by atoms with E-state index in [1.807, 2.05) is 14.1 Å². The molecule has 0 bridgehead atoms. The van der Waals surface area contributed by atoms with E-state index < -0.39 is 6.10 Å². The molecule has 6 heteroatoms. The maximum absolute atomic E-state index is 12.5. The number of aliphatic hydroxyl groups is 1. The lowest BCUT2D eigenvalue weighted by molar-refractivity contribution is -0.142. The van der Waals surface area contributed by atoms with Crippen molar-refractivity contribution in [2.75, 3.05) is 33.7 Å². The van der Waals surface area contributed by atoms with Crippen LogP contribution < -0.4 is 5.32 Å². The minimum absolute atomic E-state index is 0.0202. The quantitative estimate of drug-likeness (QED) is 0.806. The molecule has 1 aromatic carbocycles. The van der Waals surface area contributed by atoms with Gasteiger partial charge in [-0.1, -0.05) is 24.3 Å². The second-order valence-corrected chi connectivity index (χ2v) is 7.79. The Kier molecular flexibility index (Phi) is 5.63. The van der Waals surface area contributed by atoms with E-state index in [1.54, 1.807) is 0 Å². The lowest BCUT2D eigenvalue weighted by Crippen LogP contribution is -2.55. The van der Waals surface area contributed by atoms with Crippen molar-refractivity contribution in [3.05, 3.63) is 35.4 Å². The predicted octanol–water partition coefficient (Wildman–Crippen LogP) is 0.575. The Morgan fingerprint density at radius 2 is 1.92 bits per heavy atom. The number of carbonyl (C=O) groups is 2. The Morgan fingerprint density at radius 3 is 2.54 bits per heavy atom. The van der Waals surface area contributed by atoms with Gasteiger partial charge in [0.2, 0.25) is 5.91 Å². The van der Waals surface area contributed by atoms with Gasteiger partial charge in [-0.15, -0.1) is 0 Å². The third kappa shape index (κ3) is 3.91. The molecule has 1 fully saturated rings. The molecule has 2 aliphatic rings. The molecule has 0 saturated carbocycles. The van der Waals surface area contributed by atoms with Gasteiger partial charge < -0.3 is 20.2 Å². The molecule has 1 aromatic rings. The van der Waals surface area contributed by atoms with Gasteiger partial charge in [-0.3, -0.25) is 9.59 Å². The zero-order chi connectivity index (χ0) is 18.7. The van der Waals surface area contributed by atoms with Gasteiger partial charge in [0.05, 0.1) is 6.54 Å². The van der Waals surface area contributed by atoms with Gasteiger partial charge in [0.25, 0.3) is 5.91 Å². The van der Waals surface area contributed by atoms with Gasteiger partial charge in [0, 0.05) is 18.6 Å². The summed E-state index contributed by atoms with van der Waals surface area (Å²) in [5.41, 5.74) is 2.53. The zero-order valence-electron chi connectivity index (χ0n) is 15.7. The Hall–Kier alpha value is -1.92. The Bertz CT molecular complexity index is 649. The first kappa shape index (κ1) is 18.9. The van der Waals surface area contributed by atoms with Crippen molar-refractivity contribution in [3.8, 4) is 0 Å². The minimum atomic E-state index is -0.970. The molecular formula is C20H29N3O3. The van der Waals surface area contributed by atoms with Crippen LogP contribution in [0.3, 0.4) is 0 Å². The molecule has 142 valence electrons. The SMILES string of the molecule is CN(C)C1(CNC(=O)CN2CCCCC(O)C2=O)Cc2ccccc2C1. The van der Waals surface area contributed by atoms with Crippen molar-refractivity contribution in [2.24, 2.45) is 0 Å². The fourth-order valence-corrected chi connectivity index (χ4v) is 4.01. The molecule has 2 amide bonds. The maximum Gasteiger partial charge on any atom is 0.251 e. The number of likely N-dealkylation sites (N-methyl/N-ethyl adjacent to an activating group) is 1. The lowest BCUT2D eigenvalue weighted by Gasteiger charge is -2.36. The molecule has 1 atom stereocenters. The lowest BCUT2D eigenvalue weighted by atomic mass is 9.94. The molecule has 2 N–H and O–H groups in total. The molecule has 0 radical (unpaired) electrons. The fraction of sp³-hybridized carbons (Fsp3) is 0.600. The Labute approximate surface area is 155 Å². The van der Waals surface area contributed by atoms with E-state index in [0.29, 0.717) is 19.5 Å². The van der Waals surface area contributed by atoms with Crippen LogP contribution in [0.1, 0.15) is 30.4 Å². The highest BCUT2D eigenvalue weighted by Gasteiger charge is 2.39. The molecule has 1 aliphatic carbocycles. The van der Waals surface area contributed by atoms with Crippen molar-refractivity contribution >= 4 is 11.8 Å². The van der Waals surface area contributed by atoms with Crippen molar-refractivity contribution in [3.63, 3.8) is 0 Å². The summed E-state index contributed by atoms with van der Waals surface area (Å²) < 4.78 is 0. The highest BCUT2D eigenvalue weighted by molar-refractivity contribution is 5.87. The molecule has 3 rings (SSSR count). The summed E-state index contributed by atoms with van der Waals surface area (Å²) in [5.74, 6) is -0.488. The van der Waals surface area contributed by atoms with E-state index in [-0.39, 0.29) is 23.9 Å². The van der Waals surface area contributed by atoms with Crippen LogP contribution in [0.4, 0.5) is 0 Å². The van der Waals surface area contributed by atoms with Gasteiger partial charge >= 0.3 is 0 Å². The molecule has 6 nitrogen and oxygen atoms in total. The average molecular weight is 359 g/mol. The van der Waals surface area contributed by atoms with Crippen molar-refractivity contribution in [1.29, 1.82) is 0 Å². The standard InChI is InChI=1S/C20H29N3O3/c1-22(2)20(11-15-7-3-4-8-16(15)12-20)14-21-18(25)13-23-10-6-5-9-17(24)19(23)26/h3-4,7-8,17,24H,5-6,9-14H2,1-2H3,(H,21,25). The number of carbonyl (C=O) groups excluding carboxylic acids is 2. The number of fused-ring (bicyclic) bond motifs is 1. The molecule has 1 aliphatic heterocycles. The van der Waals surface area contributed by atoms with Crippen LogP contribution in [0, 0.1) is 0 Å². The van der Waals surface area contributed by atoms with E-state index in [0.717, 1.165) is 25.7 Å². The van der Waals surface area contributed by atoms with Gasteiger partial charge in [0.15, 0.2) is 0 Å². The third-order valence-corrected chi connectivity index (χ3v) is 5.81. The number of nitrogens with zero attached hydrogens (tertiary/aromatic N) is 2. The van der Waals surface area contributed by atoms with Gasteiger partial charge in [-0.05, 0) is 57.3 Å². The average Bonchev–Trinajstić information content (AvgIpc) is 2.94. The normalized spacial score (nSPS) is 22.2. The number of hydrogen-bond acceptors (Lipinski definition) is 4. The molecule has 1 saturated heterocycles. The summed E-state index contributed by atoms with van der Waals surface area (Å²) in [6.45, 7) is 1.10. The number of aliphatic hydroxyl groups excluding tert-OH is 1. The molecule has 0 aromatic heterocycles. The molecule has 26 heavy (non-hydrogen) atoms. The van der Waals surface area contributed by atoms with E-state index in [1.165, 1.54) is 16.0 Å². The van der Waals surface area contributed by atoms with E-state index in [4.69, 9.17) is 0 Å². The summed E-state index contributed by atoms with van der Waals surface area (Å²) in [7, 11) is 4.10. The number of benzene rings is 1. The largest absolute Gasteiger partial charge is 0.383 e. The van der Waals surface area contributed by atoms with Crippen molar-refractivity contribution in [2.45, 2.75) is 43.7 Å². The van der Waals surface area contributed by atoms with Crippen LogP contribution in [-0.4, -0.2) is 72.1 Å². The predicted molar refractivity (Wildman–Crippen MR) is 99.7 cm³/mol. The highest BCUT2D eigenvalue weighted by atomic mass is 16.3. The number of amides is 2. The van der Waals surface area contributed by atoms with E-state index in [2.05, 4.69) is 34.5 Å². The van der Waals surface area contributed by atoms with Crippen LogP contribution >= 0.6 is 0 Å². The summed E-state index contributed by atoms with van der Waals surface area (Å²) in [6.07, 6.45) is 2.96. The van der Waals surface area contributed by atoms with Crippen molar-refractivity contribution < 1.29 is 14.7 Å². The van der Waals surface area contributed by atoms with Crippen LogP contribution in [0.5, 0.6) is 0 Å². The van der Waals surface area contributed by atoms with Crippen LogP contribution in [0.15, 0.2) is 24.3 Å². The summed E-state index contributed by atoms with van der Waals surface area (Å²) >= 11 is 0. The molecule has 1 heterocycles. The second kappa shape index (κ2) is 7.76. The monoisotopic (exact) mass is 359 g/mol. The smallest absolute Gasteiger partial charge is 0.251 e. The number of nitrogens with one attached hydrogen (secondary N) is 1. The number of likely N-dealkylation sites (tertiary alicyclic amines) is 1. The van der Waals surface area contributed by atoms with Gasteiger partial charge in [0.1, 0.15) is 6.10 Å². The van der Waals surface area contributed by atoms with E-state index >= 15 is 0 Å². The minimum Gasteiger partial charge on any atom is -0.383 e. The van der Waals surface area contributed by atoms with Crippen LogP contribution in [0.2, 0.25) is 0 Å². The summed E-state index contributed by atoms with van der Waals surface area (Å²) in [6, 6.07) is 8.41. The van der Waals surface area contributed by atoms with Crippen LogP contribution in [0.25, 0.3) is 0 Å². The number of hydrogen-bond donors (Lipinski definition) is 2. The summed E-state index contributed by atoms with van der Waals surface area (Å²) in [4.78, 5) is 28.3. The first-order valence-electron chi connectivity index (χ1n) is 9.39. The molecule has 1 unspecified atom stereocenters. The second-order valence-electron chi connectivity index (χ2n) is 7.79. The van der Waals surface area contributed by atoms with Gasteiger partial charge in [-0.2, -0.15) is 0 Å². The Balaban J connectivity index is 1.60.